The molecule has 1 N–H and O–H groups in total. The van der Waals surface area contributed by atoms with Crippen LogP contribution in [0.5, 0.6) is 0 Å². The first-order valence-electron chi connectivity index (χ1n) is 4.73. The molecule has 1 unspecified atom stereocenters. The molecule has 0 fully saturated rings. The predicted molar refractivity (Wildman–Crippen MR) is 55.8 cm³/mol. The van der Waals surface area contributed by atoms with E-state index in [-0.39, 0.29) is 11.9 Å². The van der Waals surface area contributed by atoms with Gasteiger partial charge in [-0.3, -0.25) is 0 Å². The Morgan fingerprint density at radius 3 is 2.75 bits per heavy atom. The topological polar surface area (TPSA) is 24.9 Å². The van der Waals surface area contributed by atoms with Gasteiger partial charge in [0.15, 0.2) is 0 Å². The molecule has 0 aliphatic carbocycles. The number of anilines is 1. The van der Waals surface area contributed by atoms with Gasteiger partial charge in [-0.1, -0.05) is 12.8 Å². The van der Waals surface area contributed by atoms with Gasteiger partial charge in [0.25, 0.3) is 0 Å². The number of pyridine rings is 1. The first kappa shape index (κ1) is 12.4. The molecule has 0 radical (unpaired) electrons. The lowest BCUT2D eigenvalue weighted by Crippen LogP contribution is -2.17. The highest BCUT2D eigenvalue weighted by Crippen LogP contribution is 2.29. The molecule has 0 saturated carbocycles. The Labute approximate surface area is 91.9 Å². The monoisotopic (exact) mass is 228 g/mol. The van der Waals surface area contributed by atoms with Crippen molar-refractivity contribution in [2.24, 2.45) is 0 Å². The lowest BCUT2D eigenvalue weighted by Gasteiger charge is -2.13. The van der Waals surface area contributed by atoms with E-state index in [0.717, 1.165) is 18.3 Å². The number of hydrogen-bond acceptors (Lipinski definition) is 2. The molecule has 16 heavy (non-hydrogen) atoms. The van der Waals surface area contributed by atoms with Crippen LogP contribution in [-0.4, -0.2) is 11.0 Å². The molecule has 5 heteroatoms. The summed E-state index contributed by atoms with van der Waals surface area (Å²) >= 11 is 0. The number of nitrogens with zero attached hydrogens (tertiary/aromatic N) is 1. The fourth-order valence-electron chi connectivity index (χ4n) is 1.13. The van der Waals surface area contributed by atoms with Crippen LogP contribution in [0.4, 0.5) is 19.0 Å². The molecule has 0 aliphatic heterocycles. The van der Waals surface area contributed by atoms with Gasteiger partial charge in [0.2, 0.25) is 0 Å². The zero-order valence-electron chi connectivity index (χ0n) is 8.67. The first-order valence-corrected chi connectivity index (χ1v) is 4.73. The number of hydrogen-bond donors (Lipinski definition) is 1. The quantitative estimate of drug-likeness (QED) is 0.804. The first-order chi connectivity index (χ1) is 7.47. The fourth-order valence-corrected chi connectivity index (χ4v) is 1.13. The maximum Gasteiger partial charge on any atom is 0.416 e. The van der Waals surface area contributed by atoms with Gasteiger partial charge in [-0.25, -0.2) is 4.98 Å². The fraction of sp³-hybridized carbons (Fsp3) is 0.364. The van der Waals surface area contributed by atoms with Crippen LogP contribution in [-0.2, 0) is 6.18 Å². The van der Waals surface area contributed by atoms with Crippen molar-refractivity contribution in [1.82, 2.24) is 4.98 Å². The van der Waals surface area contributed by atoms with E-state index in [1.807, 2.05) is 6.92 Å². The van der Waals surface area contributed by atoms with E-state index in [1.165, 1.54) is 0 Å². The number of aromatic nitrogens is 1. The average Bonchev–Trinajstić information content (AvgIpc) is 2.25. The zero-order valence-corrected chi connectivity index (χ0v) is 8.67. The number of terminal acetylenes is 1. The molecule has 1 atom stereocenters. The maximum atomic E-state index is 12.4. The summed E-state index contributed by atoms with van der Waals surface area (Å²) in [6, 6.07) is 1.55. The Hall–Kier alpha value is -1.70. The van der Waals surface area contributed by atoms with Crippen molar-refractivity contribution in [1.29, 1.82) is 0 Å². The van der Waals surface area contributed by atoms with Gasteiger partial charge in [0, 0.05) is 6.20 Å². The van der Waals surface area contributed by atoms with Gasteiger partial charge in [-0.15, -0.1) is 6.42 Å². The lowest BCUT2D eigenvalue weighted by atomic mass is 10.2. The molecule has 86 valence electrons. The SMILES string of the molecule is C#CC(CC)Nc1cc(C(F)(F)F)ccn1. The molecule has 1 rings (SSSR count). The molecule has 0 amide bonds. The summed E-state index contributed by atoms with van der Waals surface area (Å²) < 4.78 is 37.1. The molecule has 1 aromatic heterocycles. The average molecular weight is 228 g/mol. The van der Waals surface area contributed by atoms with Crippen LogP contribution in [0, 0.1) is 12.3 Å². The van der Waals surface area contributed by atoms with Crippen molar-refractivity contribution >= 4 is 5.82 Å². The molecule has 1 heterocycles. The lowest BCUT2D eigenvalue weighted by molar-refractivity contribution is -0.137. The molecule has 0 aliphatic rings. The Kier molecular flexibility index (Phi) is 3.78. The molecule has 0 bridgehead atoms. The summed E-state index contributed by atoms with van der Waals surface area (Å²) in [6.45, 7) is 1.84. The maximum absolute atomic E-state index is 12.4. The van der Waals surface area contributed by atoms with E-state index >= 15 is 0 Å². The molecular formula is C11H11F3N2. The highest BCUT2D eigenvalue weighted by atomic mass is 19.4. The second-order valence-electron chi connectivity index (χ2n) is 3.20. The van der Waals surface area contributed by atoms with Gasteiger partial charge >= 0.3 is 6.18 Å². The standard InChI is InChI=1S/C11H11F3N2/c1-3-9(4-2)16-10-7-8(5-6-15-10)11(12,13)14/h1,5-7,9H,4H2,2H3,(H,15,16). The van der Waals surface area contributed by atoms with Crippen molar-refractivity contribution in [2.75, 3.05) is 5.32 Å². The largest absolute Gasteiger partial charge is 0.416 e. The van der Waals surface area contributed by atoms with Crippen molar-refractivity contribution in [3.05, 3.63) is 23.9 Å². The minimum atomic E-state index is -4.36. The normalized spacial score (nSPS) is 12.9. The summed E-state index contributed by atoms with van der Waals surface area (Å²) in [6.07, 6.45) is 2.55. The van der Waals surface area contributed by atoms with Crippen LogP contribution in [0.25, 0.3) is 0 Å². The molecular weight excluding hydrogens is 217 g/mol. The second kappa shape index (κ2) is 4.88. The van der Waals surface area contributed by atoms with Gasteiger partial charge in [0.05, 0.1) is 11.6 Å². The van der Waals surface area contributed by atoms with E-state index in [9.17, 15) is 13.2 Å². The smallest absolute Gasteiger partial charge is 0.356 e. The minimum Gasteiger partial charge on any atom is -0.356 e. The third kappa shape index (κ3) is 3.16. The minimum absolute atomic E-state index is 0.139. The van der Waals surface area contributed by atoms with E-state index < -0.39 is 11.7 Å². The zero-order chi connectivity index (χ0) is 12.2. The van der Waals surface area contributed by atoms with Gasteiger partial charge < -0.3 is 5.32 Å². The number of halogens is 3. The number of nitrogens with one attached hydrogen (secondary N) is 1. The van der Waals surface area contributed by atoms with Crippen LogP contribution >= 0.6 is 0 Å². The summed E-state index contributed by atoms with van der Waals surface area (Å²) in [4.78, 5) is 3.78. The molecule has 0 saturated heterocycles. The molecule has 1 aromatic rings. The predicted octanol–water partition coefficient (Wildman–Crippen LogP) is 2.92. The Morgan fingerprint density at radius 1 is 1.56 bits per heavy atom. The van der Waals surface area contributed by atoms with E-state index in [1.54, 1.807) is 0 Å². The van der Waals surface area contributed by atoms with Crippen LogP contribution in [0.15, 0.2) is 18.3 Å². The van der Waals surface area contributed by atoms with Crippen LogP contribution < -0.4 is 5.32 Å². The third-order valence-corrected chi connectivity index (χ3v) is 2.02. The summed E-state index contributed by atoms with van der Waals surface area (Å²) in [5.74, 6) is 2.56. The molecule has 0 spiro atoms. The van der Waals surface area contributed by atoms with Gasteiger partial charge in [0.1, 0.15) is 5.82 Å². The Balaban J connectivity index is 2.88. The van der Waals surface area contributed by atoms with Gasteiger partial charge in [-0.2, -0.15) is 13.2 Å². The van der Waals surface area contributed by atoms with Crippen LogP contribution in [0.3, 0.4) is 0 Å². The number of alkyl halides is 3. The van der Waals surface area contributed by atoms with Crippen molar-refractivity contribution < 1.29 is 13.2 Å². The highest BCUT2D eigenvalue weighted by Gasteiger charge is 2.30. The van der Waals surface area contributed by atoms with E-state index in [0.29, 0.717) is 6.42 Å². The number of rotatable bonds is 3. The van der Waals surface area contributed by atoms with Crippen molar-refractivity contribution in [2.45, 2.75) is 25.6 Å². The Bertz CT molecular complexity index is 393. The van der Waals surface area contributed by atoms with Crippen molar-refractivity contribution in [3.63, 3.8) is 0 Å². The van der Waals surface area contributed by atoms with Crippen LogP contribution in [0.2, 0.25) is 0 Å². The second-order valence-corrected chi connectivity index (χ2v) is 3.20. The van der Waals surface area contributed by atoms with Crippen LogP contribution in [0.1, 0.15) is 18.9 Å². The van der Waals surface area contributed by atoms with Crippen molar-refractivity contribution in [3.8, 4) is 12.3 Å². The van der Waals surface area contributed by atoms with Gasteiger partial charge in [-0.05, 0) is 18.6 Å². The third-order valence-electron chi connectivity index (χ3n) is 2.02. The van der Waals surface area contributed by atoms with E-state index in [4.69, 9.17) is 6.42 Å². The molecule has 2 nitrogen and oxygen atoms in total. The molecule has 0 aromatic carbocycles. The van der Waals surface area contributed by atoms with E-state index in [2.05, 4.69) is 16.2 Å². The summed E-state index contributed by atoms with van der Waals surface area (Å²) in [5, 5.41) is 2.74. The summed E-state index contributed by atoms with van der Waals surface area (Å²) in [5.41, 5.74) is -0.739. The Morgan fingerprint density at radius 2 is 2.25 bits per heavy atom. The highest BCUT2D eigenvalue weighted by molar-refractivity contribution is 5.41. The summed E-state index contributed by atoms with van der Waals surface area (Å²) in [7, 11) is 0.